The van der Waals surface area contributed by atoms with Crippen molar-refractivity contribution < 1.29 is 14.3 Å². The van der Waals surface area contributed by atoms with Crippen LogP contribution in [0.5, 0.6) is 0 Å². The number of fused-ring (bicyclic) bond motifs is 1. The standard InChI is InChI=1S/C16H21N5O3/c1-16(2,3)24-15(23)20-10-6-7-11(20)13(22)17-14-19-18-12-8-4-5-9-21(12)14/h4-5,8-9,11H,6-7,10H2,1-3H3,(H,17,19,22)/t11-/m0/s1. The molecule has 1 N–H and O–H groups in total. The zero-order valence-electron chi connectivity index (χ0n) is 14.0. The van der Waals surface area contributed by atoms with Gasteiger partial charge >= 0.3 is 6.09 Å². The number of anilines is 1. The lowest BCUT2D eigenvalue weighted by Gasteiger charge is -2.27. The van der Waals surface area contributed by atoms with Crippen LogP contribution >= 0.6 is 0 Å². The van der Waals surface area contributed by atoms with Crippen LogP contribution in [0.25, 0.3) is 5.65 Å². The topological polar surface area (TPSA) is 88.8 Å². The summed E-state index contributed by atoms with van der Waals surface area (Å²) < 4.78 is 7.07. The van der Waals surface area contributed by atoms with Crippen LogP contribution in [-0.4, -0.2) is 49.7 Å². The molecule has 0 radical (unpaired) electrons. The van der Waals surface area contributed by atoms with E-state index >= 15 is 0 Å². The van der Waals surface area contributed by atoms with Crippen molar-refractivity contribution in [3.05, 3.63) is 24.4 Å². The van der Waals surface area contributed by atoms with Crippen molar-refractivity contribution in [1.82, 2.24) is 19.5 Å². The van der Waals surface area contributed by atoms with E-state index in [1.54, 1.807) is 37.4 Å². The van der Waals surface area contributed by atoms with E-state index in [2.05, 4.69) is 15.5 Å². The Morgan fingerprint density at radius 2 is 2.08 bits per heavy atom. The van der Waals surface area contributed by atoms with Crippen molar-refractivity contribution in [2.75, 3.05) is 11.9 Å². The van der Waals surface area contributed by atoms with E-state index < -0.39 is 17.7 Å². The molecule has 1 aliphatic rings. The van der Waals surface area contributed by atoms with Crippen molar-refractivity contribution in [1.29, 1.82) is 0 Å². The molecular formula is C16H21N5O3. The Morgan fingerprint density at radius 3 is 2.83 bits per heavy atom. The average molecular weight is 331 g/mol. The molecule has 0 spiro atoms. The van der Waals surface area contributed by atoms with Crippen molar-refractivity contribution in [3.63, 3.8) is 0 Å². The number of rotatable bonds is 2. The first-order valence-corrected chi connectivity index (χ1v) is 7.95. The molecule has 0 aromatic carbocycles. The minimum atomic E-state index is -0.593. The number of carbonyl (C=O) groups excluding carboxylic acids is 2. The molecule has 1 aliphatic heterocycles. The number of aromatic nitrogens is 3. The molecule has 8 nitrogen and oxygen atoms in total. The minimum Gasteiger partial charge on any atom is -0.444 e. The van der Waals surface area contributed by atoms with Gasteiger partial charge in [0.05, 0.1) is 0 Å². The predicted octanol–water partition coefficient (Wildman–Crippen LogP) is 2.07. The SMILES string of the molecule is CC(C)(C)OC(=O)N1CCC[C@H]1C(=O)Nc1nnc2ccccn12. The lowest BCUT2D eigenvalue weighted by Crippen LogP contribution is -2.45. The van der Waals surface area contributed by atoms with Crippen LogP contribution in [0.3, 0.4) is 0 Å². The normalized spacial score (nSPS) is 18.0. The Hall–Kier alpha value is -2.64. The van der Waals surface area contributed by atoms with Gasteiger partial charge in [0, 0.05) is 12.7 Å². The van der Waals surface area contributed by atoms with Gasteiger partial charge in [0.25, 0.3) is 0 Å². The van der Waals surface area contributed by atoms with Gasteiger partial charge in [0.2, 0.25) is 11.9 Å². The summed E-state index contributed by atoms with van der Waals surface area (Å²) in [6.45, 7) is 5.92. The Bertz CT molecular complexity index is 764. The lowest BCUT2D eigenvalue weighted by atomic mass is 10.2. The fraction of sp³-hybridized carbons (Fsp3) is 0.500. The summed E-state index contributed by atoms with van der Waals surface area (Å²) in [5.41, 5.74) is 0.0485. The van der Waals surface area contributed by atoms with Gasteiger partial charge < -0.3 is 4.74 Å². The molecule has 0 unspecified atom stereocenters. The average Bonchev–Trinajstić information content (AvgIpc) is 3.13. The number of ether oxygens (including phenoxy) is 1. The highest BCUT2D eigenvalue weighted by atomic mass is 16.6. The van der Waals surface area contributed by atoms with Crippen LogP contribution in [0.4, 0.5) is 10.7 Å². The summed E-state index contributed by atoms with van der Waals surface area (Å²) in [4.78, 5) is 26.4. The highest BCUT2D eigenvalue weighted by Gasteiger charge is 2.37. The van der Waals surface area contributed by atoms with Crippen molar-refractivity contribution in [2.24, 2.45) is 0 Å². The third-order valence-electron chi connectivity index (χ3n) is 3.73. The Balaban J connectivity index is 1.73. The zero-order chi connectivity index (χ0) is 17.3. The lowest BCUT2D eigenvalue weighted by molar-refractivity contribution is -0.120. The summed E-state index contributed by atoms with van der Waals surface area (Å²) >= 11 is 0. The van der Waals surface area contributed by atoms with Crippen LogP contribution < -0.4 is 5.32 Å². The van der Waals surface area contributed by atoms with Crippen LogP contribution in [0, 0.1) is 0 Å². The second-order valence-corrected chi connectivity index (χ2v) is 6.77. The van der Waals surface area contributed by atoms with E-state index in [0.717, 1.165) is 6.42 Å². The first-order valence-electron chi connectivity index (χ1n) is 7.95. The third-order valence-corrected chi connectivity index (χ3v) is 3.73. The monoisotopic (exact) mass is 331 g/mol. The third kappa shape index (κ3) is 3.32. The van der Waals surface area contributed by atoms with Crippen molar-refractivity contribution in [3.8, 4) is 0 Å². The van der Waals surface area contributed by atoms with Crippen molar-refractivity contribution >= 4 is 23.6 Å². The molecule has 8 heteroatoms. The number of amides is 2. The fourth-order valence-electron chi connectivity index (χ4n) is 2.70. The fourth-order valence-corrected chi connectivity index (χ4v) is 2.70. The molecule has 3 rings (SSSR count). The Morgan fingerprint density at radius 1 is 1.29 bits per heavy atom. The Kier molecular flexibility index (Phi) is 4.13. The van der Waals surface area contributed by atoms with E-state index in [4.69, 9.17) is 4.74 Å². The summed E-state index contributed by atoms with van der Waals surface area (Å²) in [7, 11) is 0. The Labute approximate surface area is 139 Å². The molecule has 3 heterocycles. The van der Waals surface area contributed by atoms with E-state index in [9.17, 15) is 9.59 Å². The molecule has 2 amide bonds. The molecular weight excluding hydrogens is 310 g/mol. The second kappa shape index (κ2) is 6.10. The molecule has 2 aromatic heterocycles. The molecule has 2 aromatic rings. The van der Waals surface area contributed by atoms with Crippen LogP contribution in [0.15, 0.2) is 24.4 Å². The number of hydrogen-bond acceptors (Lipinski definition) is 5. The van der Waals surface area contributed by atoms with Crippen LogP contribution in [0.2, 0.25) is 0 Å². The molecule has 0 aliphatic carbocycles. The molecule has 0 saturated carbocycles. The van der Waals surface area contributed by atoms with E-state index in [1.165, 1.54) is 4.90 Å². The van der Waals surface area contributed by atoms with Gasteiger partial charge in [-0.3, -0.25) is 19.4 Å². The first-order chi connectivity index (χ1) is 11.3. The van der Waals surface area contributed by atoms with E-state index in [1.807, 2.05) is 12.1 Å². The molecule has 0 bridgehead atoms. The number of pyridine rings is 1. The maximum absolute atomic E-state index is 12.6. The first kappa shape index (κ1) is 16.2. The van der Waals surface area contributed by atoms with Crippen molar-refractivity contribution in [2.45, 2.75) is 45.3 Å². The van der Waals surface area contributed by atoms with E-state index in [-0.39, 0.29) is 5.91 Å². The molecule has 1 atom stereocenters. The molecule has 1 saturated heterocycles. The summed E-state index contributed by atoms with van der Waals surface area (Å²) in [5, 5.41) is 10.7. The van der Waals surface area contributed by atoms with Gasteiger partial charge in [-0.25, -0.2) is 4.79 Å². The van der Waals surface area contributed by atoms with Gasteiger partial charge in [-0.05, 0) is 45.7 Å². The highest BCUT2D eigenvalue weighted by molar-refractivity contribution is 5.95. The summed E-state index contributed by atoms with van der Waals surface area (Å²) in [6, 6.07) is 4.91. The second-order valence-electron chi connectivity index (χ2n) is 6.77. The molecule has 1 fully saturated rings. The van der Waals surface area contributed by atoms with Gasteiger partial charge in [0.1, 0.15) is 11.6 Å². The predicted molar refractivity (Wildman–Crippen MR) is 87.6 cm³/mol. The maximum atomic E-state index is 12.6. The summed E-state index contributed by atoms with van der Waals surface area (Å²) in [6.07, 6.45) is 2.66. The minimum absolute atomic E-state index is 0.281. The smallest absolute Gasteiger partial charge is 0.410 e. The summed E-state index contributed by atoms with van der Waals surface area (Å²) in [5.74, 6) is 0.0585. The number of nitrogens with zero attached hydrogens (tertiary/aromatic N) is 4. The van der Waals surface area contributed by atoms with E-state index in [0.29, 0.717) is 24.6 Å². The number of carbonyl (C=O) groups is 2. The van der Waals surface area contributed by atoms with Gasteiger partial charge in [0.15, 0.2) is 5.65 Å². The van der Waals surface area contributed by atoms with Gasteiger partial charge in [-0.2, -0.15) is 0 Å². The zero-order valence-corrected chi connectivity index (χ0v) is 14.0. The van der Waals surface area contributed by atoms with Crippen LogP contribution in [0.1, 0.15) is 33.6 Å². The quantitative estimate of drug-likeness (QED) is 0.910. The number of nitrogens with one attached hydrogen (secondary N) is 1. The molecule has 24 heavy (non-hydrogen) atoms. The number of hydrogen-bond donors (Lipinski definition) is 1. The van der Waals surface area contributed by atoms with Crippen LogP contribution in [-0.2, 0) is 9.53 Å². The maximum Gasteiger partial charge on any atom is 0.410 e. The molecule has 128 valence electrons. The largest absolute Gasteiger partial charge is 0.444 e. The number of likely N-dealkylation sites (tertiary alicyclic amines) is 1. The van der Waals surface area contributed by atoms with Gasteiger partial charge in [-0.1, -0.05) is 6.07 Å². The van der Waals surface area contributed by atoms with Gasteiger partial charge in [-0.15, -0.1) is 10.2 Å². The highest BCUT2D eigenvalue weighted by Crippen LogP contribution is 2.22.